The minimum atomic E-state index is -5.85. The Kier molecular flexibility index (Phi) is 4.11. The maximum Gasteiger partial charge on any atom is 0.523 e. The van der Waals surface area contributed by atoms with E-state index < -0.39 is 29.6 Å². The lowest BCUT2D eigenvalue weighted by atomic mass is 11.6. The van der Waals surface area contributed by atoms with Gasteiger partial charge in [-0.25, -0.2) is 0 Å². The van der Waals surface area contributed by atoms with Crippen LogP contribution >= 0.6 is 7.60 Å². The van der Waals surface area contributed by atoms with Crippen molar-refractivity contribution in [3.05, 3.63) is 0 Å². The summed E-state index contributed by atoms with van der Waals surface area (Å²) in [6.07, 6.45) is -1.58. The summed E-state index contributed by atoms with van der Waals surface area (Å²) in [4.78, 5) is 8.53. The van der Waals surface area contributed by atoms with Crippen LogP contribution in [0.1, 0.15) is 0 Å². The van der Waals surface area contributed by atoms with Crippen LogP contribution in [0.15, 0.2) is 0 Å². The maximum atomic E-state index is 11.6. The monoisotopic (exact) mass is 258 g/mol. The molecule has 0 aromatic rings. The van der Waals surface area contributed by atoms with Gasteiger partial charge in [-0.15, -0.1) is 0 Å². The van der Waals surface area contributed by atoms with Gasteiger partial charge in [0.15, 0.2) is 6.35 Å². The summed E-state index contributed by atoms with van der Waals surface area (Å²) in [7, 11) is -9.57. The van der Waals surface area contributed by atoms with Crippen molar-refractivity contribution in [3.63, 3.8) is 0 Å². The molecule has 11 heteroatoms. The van der Waals surface area contributed by atoms with Crippen LogP contribution in [0.2, 0.25) is 0 Å². The number of alkyl halides is 3. The average molecular weight is 258 g/mol. The van der Waals surface area contributed by atoms with Crippen LogP contribution in [0.25, 0.3) is 0 Å². The Morgan fingerprint density at radius 2 is 1.86 bits per heavy atom. The Bertz CT molecular complexity index is 333. The summed E-state index contributed by atoms with van der Waals surface area (Å²) in [5.74, 6) is 0. The minimum Gasteiger partial charge on any atom is -0.323 e. The predicted octanol–water partition coefficient (Wildman–Crippen LogP) is 0.642. The van der Waals surface area contributed by atoms with Crippen molar-refractivity contribution in [1.29, 1.82) is 0 Å². The lowest BCUT2D eigenvalue weighted by Gasteiger charge is -2.10. The summed E-state index contributed by atoms with van der Waals surface area (Å²) >= 11 is 0. The highest BCUT2D eigenvalue weighted by Crippen LogP contribution is 2.42. The Hall–Kier alpha value is -0.150. The first-order valence-electron chi connectivity index (χ1n) is 2.85. The molecule has 1 N–H and O–H groups in total. The molecule has 86 valence electrons. The second-order valence-corrected chi connectivity index (χ2v) is 5.47. The smallest absolute Gasteiger partial charge is 0.323 e. The van der Waals surface area contributed by atoms with Crippen LogP contribution in [-0.4, -0.2) is 32.3 Å². The molecule has 1 atom stereocenters. The summed E-state index contributed by atoms with van der Waals surface area (Å²) < 4.78 is 72.7. The molecule has 0 rings (SSSR count). The molecule has 0 radical (unpaired) electrons. The first-order valence-corrected chi connectivity index (χ1v) is 6.02. The van der Waals surface area contributed by atoms with Crippen molar-refractivity contribution in [1.82, 2.24) is 0 Å². The van der Waals surface area contributed by atoms with Crippen LogP contribution in [0.4, 0.5) is 13.2 Å². The molecule has 0 aliphatic carbocycles. The maximum absolute atomic E-state index is 11.6. The molecule has 0 aromatic heterocycles. The van der Waals surface area contributed by atoms with Gasteiger partial charge in [0.25, 0.3) is 0 Å². The first-order chi connectivity index (χ1) is 6.02. The molecule has 0 saturated heterocycles. The zero-order valence-electron chi connectivity index (χ0n) is 6.68. The number of hydrogen-bond acceptors (Lipinski definition) is 5. The fourth-order valence-electron chi connectivity index (χ4n) is 0.256. The molecule has 14 heavy (non-hydrogen) atoms. The Morgan fingerprint density at radius 3 is 2.14 bits per heavy atom. The predicted molar refractivity (Wildman–Crippen MR) is 37.8 cm³/mol. The summed E-state index contributed by atoms with van der Waals surface area (Å²) in [6.45, 7) is 0. The Morgan fingerprint density at radius 1 is 1.43 bits per heavy atom. The number of hydrogen-bond donors (Lipinski definition) is 1. The molecule has 0 spiro atoms. The van der Waals surface area contributed by atoms with Gasteiger partial charge in [0.1, 0.15) is 0 Å². The molecular formula is C3H6F3O6PS. The molecule has 0 amide bonds. The van der Waals surface area contributed by atoms with E-state index in [2.05, 4.69) is 8.71 Å². The molecule has 0 aromatic carbocycles. The first kappa shape index (κ1) is 13.8. The van der Waals surface area contributed by atoms with Gasteiger partial charge >= 0.3 is 23.2 Å². The number of halogens is 3. The second-order valence-electron chi connectivity index (χ2n) is 1.97. The topological polar surface area (TPSA) is 89.9 Å². The van der Waals surface area contributed by atoms with E-state index in [4.69, 9.17) is 4.89 Å². The van der Waals surface area contributed by atoms with Gasteiger partial charge < -0.3 is 9.42 Å². The van der Waals surface area contributed by atoms with Crippen molar-refractivity contribution in [2.45, 2.75) is 5.51 Å². The third kappa shape index (κ3) is 3.93. The van der Waals surface area contributed by atoms with Gasteiger partial charge in [0.05, 0.1) is 0 Å². The van der Waals surface area contributed by atoms with Crippen LogP contribution in [-0.2, 0) is 23.4 Å². The third-order valence-corrected chi connectivity index (χ3v) is 3.14. The van der Waals surface area contributed by atoms with Gasteiger partial charge in [0.2, 0.25) is 0 Å². The van der Waals surface area contributed by atoms with E-state index in [1.54, 1.807) is 0 Å². The minimum absolute atomic E-state index is 0.727. The molecule has 0 bridgehead atoms. The Labute approximate surface area is 77.3 Å². The Balaban J connectivity index is 4.52. The SMILES string of the molecule is COP(=O)(O)COS(=O)(=O)C(F)(F)F. The van der Waals surface area contributed by atoms with Crippen LogP contribution in [0.3, 0.4) is 0 Å². The fraction of sp³-hybridized carbons (Fsp3) is 1.00. The normalized spacial score (nSPS) is 17.8. The van der Waals surface area contributed by atoms with Gasteiger partial charge in [0, 0.05) is 7.11 Å². The largest absolute Gasteiger partial charge is 0.523 e. The quantitative estimate of drug-likeness (QED) is 0.452. The number of rotatable bonds is 4. The molecule has 1 unspecified atom stereocenters. The van der Waals surface area contributed by atoms with Gasteiger partial charge in [-0.3, -0.25) is 8.75 Å². The van der Waals surface area contributed by atoms with Gasteiger partial charge in [-0.05, 0) is 0 Å². The standard InChI is InChI=1S/C3H6F3O6PS/c1-11-13(7,8)2-12-14(9,10)3(4,5)6/h2H2,1H3,(H,7,8). The van der Waals surface area contributed by atoms with Crippen molar-refractivity contribution in [2.24, 2.45) is 0 Å². The van der Waals surface area contributed by atoms with Crippen LogP contribution in [0.5, 0.6) is 0 Å². The molecule has 0 aliphatic rings. The molecule has 0 heterocycles. The lowest BCUT2D eigenvalue weighted by molar-refractivity contribution is -0.0533. The second kappa shape index (κ2) is 4.15. The molecule has 0 aliphatic heterocycles. The molecular weight excluding hydrogens is 252 g/mol. The molecule has 0 fully saturated rings. The van der Waals surface area contributed by atoms with E-state index in [1.165, 1.54) is 0 Å². The van der Waals surface area contributed by atoms with Crippen molar-refractivity contribution < 1.29 is 39.8 Å². The molecule has 0 saturated carbocycles. The highest BCUT2D eigenvalue weighted by molar-refractivity contribution is 7.87. The molecule has 6 nitrogen and oxygen atoms in total. The van der Waals surface area contributed by atoms with E-state index in [0.29, 0.717) is 0 Å². The lowest BCUT2D eigenvalue weighted by Crippen LogP contribution is -2.25. The zero-order chi connectivity index (χ0) is 11.6. The van der Waals surface area contributed by atoms with Gasteiger partial charge in [-0.2, -0.15) is 21.6 Å². The summed E-state index contributed by atoms with van der Waals surface area (Å²) in [5, 5.41) is 0. The van der Waals surface area contributed by atoms with Crippen molar-refractivity contribution in [3.8, 4) is 0 Å². The fourth-order valence-corrected chi connectivity index (χ4v) is 1.58. The third-order valence-electron chi connectivity index (χ3n) is 0.940. The van der Waals surface area contributed by atoms with Crippen LogP contribution in [0, 0.1) is 0 Å². The highest BCUT2D eigenvalue weighted by atomic mass is 32.2. The van der Waals surface area contributed by atoms with E-state index in [9.17, 15) is 26.2 Å². The van der Waals surface area contributed by atoms with Crippen molar-refractivity contribution in [2.75, 3.05) is 13.5 Å². The van der Waals surface area contributed by atoms with Crippen LogP contribution < -0.4 is 0 Å². The summed E-state index contributed by atoms with van der Waals surface area (Å²) in [5.41, 5.74) is -5.62. The van der Waals surface area contributed by atoms with E-state index in [1.807, 2.05) is 0 Å². The van der Waals surface area contributed by atoms with E-state index >= 15 is 0 Å². The van der Waals surface area contributed by atoms with E-state index in [-0.39, 0.29) is 0 Å². The summed E-state index contributed by atoms with van der Waals surface area (Å²) in [6, 6.07) is 0. The highest BCUT2D eigenvalue weighted by Gasteiger charge is 2.48. The average Bonchev–Trinajstić information content (AvgIpc) is 1.99. The van der Waals surface area contributed by atoms with Crippen molar-refractivity contribution >= 4 is 17.7 Å². The van der Waals surface area contributed by atoms with Gasteiger partial charge in [-0.1, -0.05) is 0 Å². The van der Waals surface area contributed by atoms with E-state index in [0.717, 1.165) is 7.11 Å². The zero-order valence-corrected chi connectivity index (χ0v) is 8.40.